The number of nitrogen functional groups attached to an aromatic ring is 1. The number of benzene rings is 1. The van der Waals surface area contributed by atoms with E-state index in [1.54, 1.807) is 6.20 Å². The fourth-order valence-corrected chi connectivity index (χ4v) is 2.06. The number of hydrogen-bond donors (Lipinski definition) is 1. The van der Waals surface area contributed by atoms with Crippen molar-refractivity contribution in [1.82, 2.24) is 4.98 Å². The third-order valence-corrected chi connectivity index (χ3v) is 3.13. The molecule has 4 heteroatoms. The lowest BCUT2D eigenvalue weighted by molar-refractivity contribution is 0.0846. The van der Waals surface area contributed by atoms with E-state index in [1.807, 2.05) is 45.3 Å². The fourth-order valence-electron chi connectivity index (χ4n) is 2.06. The molecule has 2 aromatic rings. The Morgan fingerprint density at radius 2 is 2.11 bits per heavy atom. The van der Waals surface area contributed by atoms with E-state index < -0.39 is 0 Å². The molecule has 0 spiro atoms. The van der Waals surface area contributed by atoms with Gasteiger partial charge in [0.2, 0.25) is 0 Å². The summed E-state index contributed by atoms with van der Waals surface area (Å²) in [5, 5.41) is 2.11. The predicted octanol–water partition coefficient (Wildman–Crippen LogP) is 2.68. The molecule has 2 rings (SSSR count). The summed E-state index contributed by atoms with van der Waals surface area (Å²) in [5.74, 6) is 0. The second-order valence-corrected chi connectivity index (χ2v) is 4.94. The van der Waals surface area contributed by atoms with Gasteiger partial charge in [-0.15, -0.1) is 0 Å². The Morgan fingerprint density at radius 3 is 2.84 bits per heavy atom. The first-order valence-electron chi connectivity index (χ1n) is 6.54. The number of hydrogen-bond acceptors (Lipinski definition) is 4. The number of ether oxygens (including phenoxy) is 1. The Morgan fingerprint density at radius 1 is 1.32 bits per heavy atom. The minimum absolute atomic E-state index is 0.258. The third kappa shape index (κ3) is 3.15. The smallest absolute Gasteiger partial charge is 0.0644 e. The van der Waals surface area contributed by atoms with E-state index in [0.717, 1.165) is 28.7 Å². The van der Waals surface area contributed by atoms with Crippen molar-refractivity contribution in [1.29, 1.82) is 0 Å². The highest BCUT2D eigenvalue weighted by Gasteiger charge is 2.08. The van der Waals surface area contributed by atoms with Crippen LogP contribution in [-0.4, -0.2) is 31.3 Å². The van der Waals surface area contributed by atoms with Gasteiger partial charge in [-0.3, -0.25) is 4.98 Å². The van der Waals surface area contributed by atoms with Crippen LogP contribution in [0.2, 0.25) is 0 Å². The molecule has 2 N–H and O–H groups in total. The van der Waals surface area contributed by atoms with Crippen molar-refractivity contribution in [3.63, 3.8) is 0 Å². The second-order valence-electron chi connectivity index (χ2n) is 4.94. The van der Waals surface area contributed by atoms with Crippen LogP contribution in [0.25, 0.3) is 10.8 Å². The molecule has 4 nitrogen and oxygen atoms in total. The molecule has 0 amide bonds. The first kappa shape index (κ1) is 13.6. The van der Waals surface area contributed by atoms with E-state index in [2.05, 4.69) is 9.88 Å². The molecule has 0 aliphatic carbocycles. The SMILES string of the molecule is CC(C)OCCN(C)c1ccc2cnccc2c1N. The summed E-state index contributed by atoms with van der Waals surface area (Å²) in [6, 6.07) is 6.04. The Hall–Kier alpha value is -1.81. The molecule has 0 aliphatic rings. The topological polar surface area (TPSA) is 51.4 Å². The van der Waals surface area contributed by atoms with Gasteiger partial charge >= 0.3 is 0 Å². The summed E-state index contributed by atoms with van der Waals surface area (Å²) in [6.45, 7) is 5.59. The number of nitrogens with two attached hydrogens (primary N) is 1. The minimum atomic E-state index is 0.258. The Balaban J connectivity index is 2.18. The van der Waals surface area contributed by atoms with Gasteiger partial charge in [0.05, 0.1) is 24.1 Å². The first-order chi connectivity index (χ1) is 9.09. The summed E-state index contributed by atoms with van der Waals surface area (Å²) in [6.07, 6.45) is 3.86. The monoisotopic (exact) mass is 259 g/mol. The Labute approximate surface area is 114 Å². The van der Waals surface area contributed by atoms with Crippen LogP contribution in [-0.2, 0) is 4.74 Å². The molecule has 0 fully saturated rings. The molecular formula is C15H21N3O. The van der Waals surface area contributed by atoms with Crippen molar-refractivity contribution in [2.75, 3.05) is 30.8 Å². The van der Waals surface area contributed by atoms with Gasteiger partial charge in [-0.2, -0.15) is 0 Å². The summed E-state index contributed by atoms with van der Waals surface area (Å²) in [4.78, 5) is 6.23. The largest absolute Gasteiger partial charge is 0.397 e. The van der Waals surface area contributed by atoms with Gasteiger partial charge in [0.1, 0.15) is 0 Å². The molecule has 1 heterocycles. The number of aromatic nitrogens is 1. The molecule has 0 radical (unpaired) electrons. The quantitative estimate of drug-likeness (QED) is 0.839. The maximum absolute atomic E-state index is 6.24. The van der Waals surface area contributed by atoms with E-state index in [0.29, 0.717) is 6.61 Å². The van der Waals surface area contributed by atoms with Crippen LogP contribution in [0.3, 0.4) is 0 Å². The van der Waals surface area contributed by atoms with Crippen molar-refractivity contribution in [3.8, 4) is 0 Å². The average Bonchev–Trinajstić information content (AvgIpc) is 2.39. The predicted molar refractivity (Wildman–Crippen MR) is 80.5 cm³/mol. The van der Waals surface area contributed by atoms with E-state index in [4.69, 9.17) is 10.5 Å². The van der Waals surface area contributed by atoms with Crippen LogP contribution in [0.1, 0.15) is 13.8 Å². The third-order valence-electron chi connectivity index (χ3n) is 3.13. The van der Waals surface area contributed by atoms with Crippen LogP contribution < -0.4 is 10.6 Å². The highest BCUT2D eigenvalue weighted by Crippen LogP contribution is 2.30. The maximum atomic E-state index is 6.24. The molecule has 0 saturated carbocycles. The van der Waals surface area contributed by atoms with Crippen molar-refractivity contribution in [2.24, 2.45) is 0 Å². The fraction of sp³-hybridized carbons (Fsp3) is 0.400. The Kier molecular flexibility index (Phi) is 4.22. The maximum Gasteiger partial charge on any atom is 0.0644 e. The lowest BCUT2D eigenvalue weighted by Crippen LogP contribution is -2.24. The number of fused-ring (bicyclic) bond motifs is 1. The van der Waals surface area contributed by atoms with Crippen molar-refractivity contribution in [2.45, 2.75) is 20.0 Å². The number of pyridine rings is 1. The molecule has 1 aromatic heterocycles. The molecular weight excluding hydrogens is 238 g/mol. The van der Waals surface area contributed by atoms with Gasteiger partial charge in [-0.05, 0) is 26.0 Å². The zero-order chi connectivity index (χ0) is 13.8. The summed E-state index contributed by atoms with van der Waals surface area (Å²) >= 11 is 0. The molecule has 0 atom stereocenters. The van der Waals surface area contributed by atoms with E-state index in [1.165, 1.54) is 0 Å². The zero-order valence-electron chi connectivity index (χ0n) is 11.8. The van der Waals surface area contributed by atoms with E-state index in [-0.39, 0.29) is 6.10 Å². The van der Waals surface area contributed by atoms with Crippen LogP contribution in [0.5, 0.6) is 0 Å². The second kappa shape index (κ2) is 5.89. The normalized spacial score (nSPS) is 11.2. The van der Waals surface area contributed by atoms with E-state index in [9.17, 15) is 0 Å². The number of rotatable bonds is 5. The van der Waals surface area contributed by atoms with Crippen LogP contribution in [0.15, 0.2) is 30.6 Å². The van der Waals surface area contributed by atoms with Crippen molar-refractivity contribution in [3.05, 3.63) is 30.6 Å². The summed E-state index contributed by atoms with van der Waals surface area (Å²) in [5.41, 5.74) is 8.07. The molecule has 102 valence electrons. The number of likely N-dealkylation sites (N-methyl/N-ethyl adjacent to an activating group) is 1. The van der Waals surface area contributed by atoms with Gasteiger partial charge < -0.3 is 15.4 Å². The van der Waals surface area contributed by atoms with Crippen LogP contribution in [0, 0.1) is 0 Å². The molecule has 1 aromatic carbocycles. The highest BCUT2D eigenvalue weighted by molar-refractivity contribution is 5.98. The number of nitrogens with zero attached hydrogens (tertiary/aromatic N) is 2. The van der Waals surface area contributed by atoms with E-state index >= 15 is 0 Å². The lowest BCUT2D eigenvalue weighted by atomic mass is 10.1. The van der Waals surface area contributed by atoms with Crippen LogP contribution in [0.4, 0.5) is 11.4 Å². The van der Waals surface area contributed by atoms with Gasteiger partial charge in [0.25, 0.3) is 0 Å². The van der Waals surface area contributed by atoms with Gasteiger partial charge in [0.15, 0.2) is 0 Å². The van der Waals surface area contributed by atoms with Crippen molar-refractivity contribution >= 4 is 22.1 Å². The Bertz CT molecular complexity index is 554. The van der Waals surface area contributed by atoms with Crippen LogP contribution >= 0.6 is 0 Å². The minimum Gasteiger partial charge on any atom is -0.397 e. The molecule has 0 unspecified atom stereocenters. The van der Waals surface area contributed by atoms with Gasteiger partial charge in [-0.25, -0.2) is 0 Å². The van der Waals surface area contributed by atoms with Crippen molar-refractivity contribution < 1.29 is 4.74 Å². The lowest BCUT2D eigenvalue weighted by Gasteiger charge is -2.22. The molecule has 19 heavy (non-hydrogen) atoms. The first-order valence-corrected chi connectivity index (χ1v) is 6.54. The standard InChI is InChI=1S/C15H21N3O/c1-11(2)19-9-8-18(3)14-5-4-12-10-17-7-6-13(12)15(14)16/h4-7,10-11H,8-9,16H2,1-3H3. The summed E-state index contributed by atoms with van der Waals surface area (Å²) < 4.78 is 5.57. The number of anilines is 2. The van der Waals surface area contributed by atoms with Gasteiger partial charge in [0, 0.05) is 36.8 Å². The average molecular weight is 259 g/mol. The highest BCUT2D eigenvalue weighted by atomic mass is 16.5. The molecule has 0 bridgehead atoms. The summed E-state index contributed by atoms with van der Waals surface area (Å²) in [7, 11) is 2.03. The van der Waals surface area contributed by atoms with Gasteiger partial charge in [-0.1, -0.05) is 6.07 Å². The molecule has 0 saturated heterocycles. The zero-order valence-corrected chi connectivity index (χ0v) is 11.8. The molecule has 0 aliphatic heterocycles.